The first-order chi connectivity index (χ1) is 12.7. The van der Waals surface area contributed by atoms with Gasteiger partial charge < -0.3 is 9.47 Å². The van der Waals surface area contributed by atoms with Crippen LogP contribution in [-0.2, 0) is 19.1 Å². The Morgan fingerprint density at radius 1 is 0.500 bits per heavy atom. The van der Waals surface area contributed by atoms with Gasteiger partial charge in [0.15, 0.2) is 0 Å². The summed E-state index contributed by atoms with van der Waals surface area (Å²) in [5.41, 5.74) is 0. The molecule has 0 unspecified atom stereocenters. The van der Waals surface area contributed by atoms with Crippen LogP contribution in [0.1, 0.15) is 117 Å². The summed E-state index contributed by atoms with van der Waals surface area (Å²) in [6, 6.07) is 0. The standard InChI is InChI=1S/C22H42O4/c1-3-5-6-7-10-13-16-20-26-22(24)18-15-12-9-8-11-14-17-21(23)25-19-4-2/h3-20H2,1-2H3. The zero-order chi connectivity index (χ0) is 19.3. The molecule has 0 aliphatic heterocycles. The van der Waals surface area contributed by atoms with Gasteiger partial charge in [-0.1, -0.05) is 78.1 Å². The molecule has 0 bridgehead atoms. The molecule has 0 atom stereocenters. The van der Waals surface area contributed by atoms with Crippen molar-refractivity contribution in [3.8, 4) is 0 Å². The van der Waals surface area contributed by atoms with Crippen LogP contribution in [0.15, 0.2) is 0 Å². The summed E-state index contributed by atoms with van der Waals surface area (Å²) in [6.45, 7) is 5.35. The fraction of sp³-hybridized carbons (Fsp3) is 0.909. The summed E-state index contributed by atoms with van der Waals surface area (Å²) in [6.07, 6.45) is 16.8. The summed E-state index contributed by atoms with van der Waals surface area (Å²) >= 11 is 0. The molecule has 4 heteroatoms. The van der Waals surface area contributed by atoms with E-state index in [1.807, 2.05) is 6.92 Å². The molecule has 0 aliphatic rings. The molecular formula is C22H42O4. The van der Waals surface area contributed by atoms with Gasteiger partial charge in [0.05, 0.1) is 13.2 Å². The van der Waals surface area contributed by atoms with E-state index in [1.165, 1.54) is 38.5 Å². The molecule has 0 rings (SSSR count). The topological polar surface area (TPSA) is 52.6 Å². The van der Waals surface area contributed by atoms with Crippen molar-refractivity contribution in [3.63, 3.8) is 0 Å². The maximum atomic E-state index is 11.6. The second-order valence-corrected chi connectivity index (χ2v) is 7.18. The molecule has 154 valence electrons. The van der Waals surface area contributed by atoms with Gasteiger partial charge in [-0.2, -0.15) is 0 Å². The Kier molecular flexibility index (Phi) is 19.4. The van der Waals surface area contributed by atoms with Gasteiger partial charge in [0.1, 0.15) is 0 Å². The first kappa shape index (κ1) is 24.9. The molecule has 0 saturated carbocycles. The largest absolute Gasteiger partial charge is 0.466 e. The summed E-state index contributed by atoms with van der Waals surface area (Å²) < 4.78 is 10.3. The first-order valence-electron chi connectivity index (χ1n) is 11.0. The predicted octanol–water partition coefficient (Wildman–Crippen LogP) is 6.35. The molecule has 4 nitrogen and oxygen atoms in total. The second kappa shape index (κ2) is 20.3. The average molecular weight is 371 g/mol. The molecule has 0 fully saturated rings. The molecule has 0 spiro atoms. The monoisotopic (exact) mass is 370 g/mol. The van der Waals surface area contributed by atoms with E-state index >= 15 is 0 Å². The van der Waals surface area contributed by atoms with E-state index in [4.69, 9.17) is 9.47 Å². The Hall–Kier alpha value is -1.06. The number of carbonyl (C=O) groups is 2. The molecular weight excluding hydrogens is 328 g/mol. The van der Waals surface area contributed by atoms with Crippen molar-refractivity contribution in [2.75, 3.05) is 13.2 Å². The Labute approximate surface area is 161 Å². The lowest BCUT2D eigenvalue weighted by atomic mass is 10.1. The average Bonchev–Trinajstić information content (AvgIpc) is 2.64. The van der Waals surface area contributed by atoms with Crippen LogP contribution in [0, 0.1) is 0 Å². The van der Waals surface area contributed by atoms with E-state index in [0.717, 1.165) is 51.4 Å². The van der Waals surface area contributed by atoms with Crippen molar-refractivity contribution >= 4 is 11.9 Å². The maximum Gasteiger partial charge on any atom is 0.305 e. The molecule has 0 heterocycles. The second-order valence-electron chi connectivity index (χ2n) is 7.18. The lowest BCUT2D eigenvalue weighted by Gasteiger charge is -2.05. The van der Waals surface area contributed by atoms with E-state index in [9.17, 15) is 9.59 Å². The fourth-order valence-corrected chi connectivity index (χ4v) is 2.85. The number of rotatable bonds is 19. The number of ether oxygens (including phenoxy) is 2. The van der Waals surface area contributed by atoms with Crippen LogP contribution in [0.2, 0.25) is 0 Å². The number of carbonyl (C=O) groups excluding carboxylic acids is 2. The predicted molar refractivity (Wildman–Crippen MR) is 107 cm³/mol. The minimum Gasteiger partial charge on any atom is -0.466 e. The number of esters is 2. The van der Waals surface area contributed by atoms with E-state index in [2.05, 4.69) is 6.92 Å². The van der Waals surface area contributed by atoms with Crippen molar-refractivity contribution in [3.05, 3.63) is 0 Å². The highest BCUT2D eigenvalue weighted by Crippen LogP contribution is 2.10. The van der Waals surface area contributed by atoms with E-state index in [1.54, 1.807) is 0 Å². The molecule has 0 amide bonds. The van der Waals surface area contributed by atoms with Gasteiger partial charge in [-0.3, -0.25) is 9.59 Å². The van der Waals surface area contributed by atoms with Crippen molar-refractivity contribution in [2.45, 2.75) is 117 Å². The van der Waals surface area contributed by atoms with Gasteiger partial charge in [-0.05, 0) is 25.7 Å². The van der Waals surface area contributed by atoms with Gasteiger partial charge in [0, 0.05) is 12.8 Å². The normalized spacial score (nSPS) is 10.7. The summed E-state index contributed by atoms with van der Waals surface area (Å²) in [5.74, 6) is -0.120. The number of hydrogen-bond acceptors (Lipinski definition) is 4. The van der Waals surface area contributed by atoms with Gasteiger partial charge in [0.2, 0.25) is 0 Å². The van der Waals surface area contributed by atoms with Gasteiger partial charge in [-0.25, -0.2) is 0 Å². The van der Waals surface area contributed by atoms with E-state index < -0.39 is 0 Å². The lowest BCUT2D eigenvalue weighted by Crippen LogP contribution is -2.05. The zero-order valence-corrected chi connectivity index (χ0v) is 17.4. The number of hydrogen-bond donors (Lipinski definition) is 0. The third-order valence-corrected chi connectivity index (χ3v) is 4.49. The van der Waals surface area contributed by atoms with Gasteiger partial charge in [-0.15, -0.1) is 0 Å². The molecule has 0 radical (unpaired) electrons. The highest BCUT2D eigenvalue weighted by Gasteiger charge is 2.03. The lowest BCUT2D eigenvalue weighted by molar-refractivity contribution is -0.144. The summed E-state index contributed by atoms with van der Waals surface area (Å²) in [4.78, 5) is 23.0. The minimum atomic E-state index is -0.0736. The van der Waals surface area contributed by atoms with Crippen molar-refractivity contribution in [2.24, 2.45) is 0 Å². The Morgan fingerprint density at radius 3 is 1.42 bits per heavy atom. The SMILES string of the molecule is CCCCCCCCCOC(=O)CCCCCCCCC(=O)OCCC. The van der Waals surface area contributed by atoms with Crippen molar-refractivity contribution in [1.82, 2.24) is 0 Å². The quantitative estimate of drug-likeness (QED) is 0.196. The minimum absolute atomic E-state index is 0.0466. The Morgan fingerprint density at radius 2 is 0.923 bits per heavy atom. The van der Waals surface area contributed by atoms with Crippen LogP contribution < -0.4 is 0 Å². The highest BCUT2D eigenvalue weighted by molar-refractivity contribution is 5.69. The molecule has 0 aromatic rings. The summed E-state index contributed by atoms with van der Waals surface area (Å²) in [7, 11) is 0. The van der Waals surface area contributed by atoms with Gasteiger partial charge in [0.25, 0.3) is 0 Å². The van der Waals surface area contributed by atoms with Crippen LogP contribution in [0.25, 0.3) is 0 Å². The molecule has 0 aromatic carbocycles. The molecule has 0 aromatic heterocycles. The van der Waals surface area contributed by atoms with Crippen LogP contribution in [-0.4, -0.2) is 25.2 Å². The molecule has 0 saturated heterocycles. The zero-order valence-electron chi connectivity index (χ0n) is 17.4. The van der Waals surface area contributed by atoms with Gasteiger partial charge >= 0.3 is 11.9 Å². The third-order valence-electron chi connectivity index (χ3n) is 4.49. The van der Waals surface area contributed by atoms with E-state index in [0.29, 0.717) is 26.1 Å². The molecule has 26 heavy (non-hydrogen) atoms. The van der Waals surface area contributed by atoms with Crippen LogP contribution in [0.3, 0.4) is 0 Å². The highest BCUT2D eigenvalue weighted by atomic mass is 16.5. The first-order valence-corrected chi connectivity index (χ1v) is 11.0. The van der Waals surface area contributed by atoms with E-state index in [-0.39, 0.29) is 11.9 Å². The molecule has 0 N–H and O–H groups in total. The number of unbranched alkanes of at least 4 members (excludes halogenated alkanes) is 11. The molecule has 0 aliphatic carbocycles. The smallest absolute Gasteiger partial charge is 0.305 e. The van der Waals surface area contributed by atoms with Crippen molar-refractivity contribution in [1.29, 1.82) is 0 Å². The third kappa shape index (κ3) is 19.3. The Balaban J connectivity index is 3.23. The van der Waals surface area contributed by atoms with Crippen LogP contribution >= 0.6 is 0 Å². The summed E-state index contributed by atoms with van der Waals surface area (Å²) in [5, 5.41) is 0. The maximum absolute atomic E-state index is 11.6. The van der Waals surface area contributed by atoms with Crippen molar-refractivity contribution < 1.29 is 19.1 Å². The van der Waals surface area contributed by atoms with Crippen LogP contribution in [0.4, 0.5) is 0 Å². The Bertz CT molecular complexity index is 328. The fourth-order valence-electron chi connectivity index (χ4n) is 2.85. The van der Waals surface area contributed by atoms with Crippen LogP contribution in [0.5, 0.6) is 0 Å².